The lowest BCUT2D eigenvalue weighted by molar-refractivity contribution is 0.900. The highest BCUT2D eigenvalue weighted by atomic mass is 32.1. The molecular formula is C16H18N4S. The van der Waals surface area contributed by atoms with E-state index in [2.05, 4.69) is 58.9 Å². The van der Waals surface area contributed by atoms with Crippen LogP contribution in [0.2, 0.25) is 0 Å². The number of fused-ring (bicyclic) bond motifs is 1. The summed E-state index contributed by atoms with van der Waals surface area (Å²) in [6, 6.07) is 8.55. The van der Waals surface area contributed by atoms with Crippen molar-refractivity contribution in [3.05, 3.63) is 41.5 Å². The second-order valence-electron chi connectivity index (χ2n) is 5.29. The Morgan fingerprint density at radius 2 is 1.86 bits per heavy atom. The topological polar surface area (TPSA) is 49.8 Å². The molecule has 0 saturated carbocycles. The summed E-state index contributed by atoms with van der Waals surface area (Å²) in [6.07, 6.45) is 1.61. The highest BCUT2D eigenvalue weighted by molar-refractivity contribution is 7.17. The number of rotatable bonds is 4. The first-order valence-electron chi connectivity index (χ1n) is 6.96. The zero-order chi connectivity index (χ0) is 14.8. The van der Waals surface area contributed by atoms with Gasteiger partial charge in [0, 0.05) is 6.04 Å². The number of anilines is 3. The van der Waals surface area contributed by atoms with Gasteiger partial charge < -0.3 is 10.6 Å². The van der Waals surface area contributed by atoms with Crippen molar-refractivity contribution in [2.24, 2.45) is 0 Å². The van der Waals surface area contributed by atoms with Crippen LogP contribution in [-0.2, 0) is 0 Å². The van der Waals surface area contributed by atoms with E-state index in [4.69, 9.17) is 0 Å². The second kappa shape index (κ2) is 5.69. The zero-order valence-electron chi connectivity index (χ0n) is 12.3. The fourth-order valence-electron chi connectivity index (χ4n) is 2.27. The molecule has 3 rings (SSSR count). The van der Waals surface area contributed by atoms with Crippen molar-refractivity contribution in [3.63, 3.8) is 0 Å². The van der Waals surface area contributed by atoms with Crippen molar-refractivity contribution in [3.8, 4) is 0 Å². The fraction of sp³-hybridized carbons (Fsp3) is 0.250. The molecule has 2 N–H and O–H groups in total. The number of benzene rings is 1. The molecule has 0 aliphatic heterocycles. The van der Waals surface area contributed by atoms with Gasteiger partial charge in [-0.25, -0.2) is 9.97 Å². The summed E-state index contributed by atoms with van der Waals surface area (Å²) in [5.74, 6) is 0.858. The fourth-order valence-corrected chi connectivity index (χ4v) is 3.16. The maximum absolute atomic E-state index is 4.41. The van der Waals surface area contributed by atoms with E-state index in [9.17, 15) is 0 Å². The van der Waals surface area contributed by atoms with Crippen LogP contribution < -0.4 is 10.6 Å². The average Bonchev–Trinajstić information content (AvgIpc) is 2.83. The van der Waals surface area contributed by atoms with Crippen molar-refractivity contribution >= 4 is 38.7 Å². The number of nitrogens with zero attached hydrogens (tertiary/aromatic N) is 2. The molecule has 0 radical (unpaired) electrons. The highest BCUT2D eigenvalue weighted by Crippen LogP contribution is 2.32. The molecule has 0 bridgehead atoms. The Bertz CT molecular complexity index is 764. The van der Waals surface area contributed by atoms with Crippen LogP contribution in [0, 0.1) is 6.92 Å². The standard InChI is InChI=1S/C16H18N4S/c1-10(2)19-12-6-4-5-7-13(12)20-15-14-11(3)8-21-16(14)18-9-17-15/h4-10,19H,1-3H3,(H,17,18,20). The Labute approximate surface area is 128 Å². The van der Waals surface area contributed by atoms with Crippen LogP contribution in [0.3, 0.4) is 0 Å². The van der Waals surface area contributed by atoms with Crippen LogP contribution >= 0.6 is 11.3 Å². The van der Waals surface area contributed by atoms with Crippen molar-refractivity contribution < 1.29 is 0 Å². The minimum absolute atomic E-state index is 0.376. The summed E-state index contributed by atoms with van der Waals surface area (Å²) in [7, 11) is 0. The van der Waals surface area contributed by atoms with Gasteiger partial charge in [0.1, 0.15) is 17.0 Å². The SMILES string of the molecule is Cc1csc2ncnc(Nc3ccccc3NC(C)C)c12. The lowest BCUT2D eigenvalue weighted by atomic mass is 10.2. The molecule has 4 nitrogen and oxygen atoms in total. The number of aromatic nitrogens is 2. The molecular weight excluding hydrogens is 280 g/mol. The Kier molecular flexibility index (Phi) is 3.75. The van der Waals surface area contributed by atoms with Crippen molar-refractivity contribution in [2.75, 3.05) is 10.6 Å². The van der Waals surface area contributed by atoms with E-state index in [1.165, 1.54) is 5.56 Å². The minimum Gasteiger partial charge on any atom is -0.381 e. The molecule has 0 saturated heterocycles. The number of hydrogen-bond donors (Lipinski definition) is 2. The number of aryl methyl sites for hydroxylation is 1. The van der Waals surface area contributed by atoms with Gasteiger partial charge in [0.2, 0.25) is 0 Å². The molecule has 108 valence electrons. The Morgan fingerprint density at radius 1 is 1.10 bits per heavy atom. The molecule has 0 unspecified atom stereocenters. The summed E-state index contributed by atoms with van der Waals surface area (Å²) in [4.78, 5) is 9.75. The van der Waals surface area contributed by atoms with Crippen LogP contribution in [0.15, 0.2) is 36.0 Å². The van der Waals surface area contributed by atoms with Gasteiger partial charge in [-0.1, -0.05) is 12.1 Å². The van der Waals surface area contributed by atoms with Gasteiger partial charge in [0.25, 0.3) is 0 Å². The molecule has 0 amide bonds. The van der Waals surface area contributed by atoms with Crippen molar-refractivity contribution in [2.45, 2.75) is 26.8 Å². The molecule has 1 aromatic carbocycles. The normalized spacial score (nSPS) is 11.0. The van der Waals surface area contributed by atoms with E-state index in [1.54, 1.807) is 17.7 Å². The van der Waals surface area contributed by atoms with Gasteiger partial charge in [-0.3, -0.25) is 0 Å². The zero-order valence-corrected chi connectivity index (χ0v) is 13.2. The van der Waals surface area contributed by atoms with Crippen molar-refractivity contribution in [1.29, 1.82) is 0 Å². The van der Waals surface area contributed by atoms with Crippen LogP contribution in [0.1, 0.15) is 19.4 Å². The van der Waals surface area contributed by atoms with Gasteiger partial charge >= 0.3 is 0 Å². The third kappa shape index (κ3) is 2.83. The summed E-state index contributed by atoms with van der Waals surface area (Å²) < 4.78 is 0. The summed E-state index contributed by atoms with van der Waals surface area (Å²) >= 11 is 1.65. The second-order valence-corrected chi connectivity index (χ2v) is 6.15. The van der Waals surface area contributed by atoms with Crippen LogP contribution in [0.5, 0.6) is 0 Å². The molecule has 0 aliphatic carbocycles. The van der Waals surface area contributed by atoms with E-state index in [-0.39, 0.29) is 0 Å². The summed E-state index contributed by atoms with van der Waals surface area (Å²) in [6.45, 7) is 6.34. The molecule has 0 fully saturated rings. The largest absolute Gasteiger partial charge is 0.381 e. The molecule has 0 spiro atoms. The van der Waals surface area contributed by atoms with E-state index in [0.717, 1.165) is 27.4 Å². The first-order chi connectivity index (χ1) is 10.1. The van der Waals surface area contributed by atoms with Crippen LogP contribution in [0.25, 0.3) is 10.2 Å². The molecule has 3 aromatic rings. The molecule has 21 heavy (non-hydrogen) atoms. The Hall–Kier alpha value is -2.14. The van der Waals surface area contributed by atoms with Crippen molar-refractivity contribution in [1.82, 2.24) is 9.97 Å². The van der Waals surface area contributed by atoms with E-state index in [0.29, 0.717) is 6.04 Å². The van der Waals surface area contributed by atoms with Gasteiger partial charge in [-0.2, -0.15) is 0 Å². The van der Waals surface area contributed by atoms with Crippen LogP contribution in [-0.4, -0.2) is 16.0 Å². The quantitative estimate of drug-likeness (QED) is 0.741. The monoisotopic (exact) mass is 298 g/mol. The Balaban J connectivity index is 2.01. The number of hydrogen-bond acceptors (Lipinski definition) is 5. The van der Waals surface area contributed by atoms with E-state index >= 15 is 0 Å². The highest BCUT2D eigenvalue weighted by Gasteiger charge is 2.10. The lowest BCUT2D eigenvalue weighted by Crippen LogP contribution is -2.11. The predicted molar refractivity (Wildman–Crippen MR) is 90.6 cm³/mol. The van der Waals surface area contributed by atoms with E-state index in [1.807, 2.05) is 12.1 Å². The first kappa shape index (κ1) is 13.8. The summed E-state index contributed by atoms with van der Waals surface area (Å²) in [5, 5.41) is 10.1. The molecule has 0 atom stereocenters. The average molecular weight is 298 g/mol. The number of para-hydroxylation sites is 2. The molecule has 2 aromatic heterocycles. The van der Waals surface area contributed by atoms with Gasteiger partial charge in [-0.15, -0.1) is 11.3 Å². The summed E-state index contributed by atoms with van der Waals surface area (Å²) in [5.41, 5.74) is 3.30. The predicted octanol–water partition coefficient (Wildman–Crippen LogP) is 4.56. The maximum Gasteiger partial charge on any atom is 0.142 e. The molecule has 0 aliphatic rings. The minimum atomic E-state index is 0.376. The lowest BCUT2D eigenvalue weighted by Gasteiger charge is -2.16. The third-order valence-electron chi connectivity index (χ3n) is 3.18. The Morgan fingerprint density at radius 3 is 2.62 bits per heavy atom. The van der Waals surface area contributed by atoms with Crippen LogP contribution in [0.4, 0.5) is 17.2 Å². The number of nitrogens with one attached hydrogen (secondary N) is 2. The van der Waals surface area contributed by atoms with Gasteiger partial charge in [0.15, 0.2) is 0 Å². The molecule has 2 heterocycles. The smallest absolute Gasteiger partial charge is 0.142 e. The molecule has 5 heteroatoms. The third-order valence-corrected chi connectivity index (χ3v) is 4.18. The van der Waals surface area contributed by atoms with Gasteiger partial charge in [-0.05, 0) is 43.8 Å². The number of thiophene rings is 1. The van der Waals surface area contributed by atoms with Gasteiger partial charge in [0.05, 0.1) is 16.8 Å². The van der Waals surface area contributed by atoms with E-state index < -0.39 is 0 Å². The first-order valence-corrected chi connectivity index (χ1v) is 7.84. The maximum atomic E-state index is 4.41.